The molecule has 5 aromatic rings. The summed E-state index contributed by atoms with van der Waals surface area (Å²) in [6.45, 7) is 2.09. The summed E-state index contributed by atoms with van der Waals surface area (Å²) in [5.41, 5.74) is 4.86. The molecule has 4 nitrogen and oxygen atoms in total. The highest BCUT2D eigenvalue weighted by molar-refractivity contribution is 6.05. The number of aryl methyl sites for hydroxylation is 1. The highest BCUT2D eigenvalue weighted by Gasteiger charge is 2.13. The Morgan fingerprint density at radius 3 is 2.57 bits per heavy atom. The van der Waals surface area contributed by atoms with Crippen LogP contribution in [0.1, 0.15) is 22.8 Å². The van der Waals surface area contributed by atoms with Gasteiger partial charge in [-0.2, -0.15) is 0 Å². The molecule has 5 rings (SSSR count). The first-order valence-corrected chi connectivity index (χ1v) is 10.0. The van der Waals surface area contributed by atoms with Gasteiger partial charge in [0.05, 0.1) is 0 Å². The second kappa shape index (κ2) is 7.48. The van der Waals surface area contributed by atoms with Crippen LogP contribution < -0.4 is 5.32 Å². The molecule has 0 aliphatic heterocycles. The van der Waals surface area contributed by atoms with Gasteiger partial charge in [0.25, 0.3) is 5.91 Å². The first-order valence-electron chi connectivity index (χ1n) is 10.0. The topological polar surface area (TPSA) is 55.1 Å². The number of hydrogen-bond donors (Lipinski definition) is 1. The van der Waals surface area contributed by atoms with E-state index in [2.05, 4.69) is 35.4 Å². The molecular formula is C26H20N2O2. The Morgan fingerprint density at radius 2 is 1.73 bits per heavy atom. The van der Waals surface area contributed by atoms with E-state index in [1.807, 2.05) is 66.7 Å². The number of oxazole rings is 1. The molecule has 0 radical (unpaired) electrons. The predicted molar refractivity (Wildman–Crippen MR) is 121 cm³/mol. The lowest BCUT2D eigenvalue weighted by molar-refractivity contribution is 0.102. The summed E-state index contributed by atoms with van der Waals surface area (Å²) < 4.78 is 6.01. The Kier molecular flexibility index (Phi) is 4.52. The molecule has 0 aliphatic rings. The molecule has 4 aromatic carbocycles. The van der Waals surface area contributed by atoms with Crippen LogP contribution in [0.2, 0.25) is 0 Å². The average molecular weight is 392 g/mol. The molecule has 30 heavy (non-hydrogen) atoms. The molecule has 0 aliphatic carbocycles. The molecule has 0 saturated heterocycles. The van der Waals surface area contributed by atoms with Crippen LogP contribution in [0.25, 0.3) is 33.3 Å². The van der Waals surface area contributed by atoms with E-state index in [9.17, 15) is 4.79 Å². The summed E-state index contributed by atoms with van der Waals surface area (Å²) in [7, 11) is 0. The fourth-order valence-electron chi connectivity index (χ4n) is 3.63. The first-order chi connectivity index (χ1) is 14.7. The van der Waals surface area contributed by atoms with E-state index in [4.69, 9.17) is 4.42 Å². The van der Waals surface area contributed by atoms with Crippen molar-refractivity contribution in [3.8, 4) is 11.5 Å². The minimum absolute atomic E-state index is 0.144. The highest BCUT2D eigenvalue weighted by Crippen LogP contribution is 2.31. The molecule has 0 fully saturated rings. The quantitative estimate of drug-likeness (QED) is 0.382. The van der Waals surface area contributed by atoms with Gasteiger partial charge in [0.15, 0.2) is 5.58 Å². The third kappa shape index (κ3) is 3.33. The Morgan fingerprint density at radius 1 is 0.933 bits per heavy atom. The summed E-state index contributed by atoms with van der Waals surface area (Å²) in [6, 6.07) is 27.4. The van der Waals surface area contributed by atoms with Crippen molar-refractivity contribution in [2.24, 2.45) is 0 Å². The number of amides is 1. The van der Waals surface area contributed by atoms with Gasteiger partial charge in [-0.05, 0) is 59.2 Å². The number of nitrogens with one attached hydrogen (secondary N) is 1. The van der Waals surface area contributed by atoms with Crippen molar-refractivity contribution in [1.29, 1.82) is 0 Å². The Labute approximate surface area is 174 Å². The molecule has 1 aromatic heterocycles. The summed E-state index contributed by atoms with van der Waals surface area (Å²) >= 11 is 0. The van der Waals surface area contributed by atoms with Crippen molar-refractivity contribution in [3.63, 3.8) is 0 Å². The number of fused-ring (bicyclic) bond motifs is 2. The van der Waals surface area contributed by atoms with Crippen LogP contribution in [-0.2, 0) is 6.42 Å². The minimum Gasteiger partial charge on any atom is -0.436 e. The maximum atomic E-state index is 12.6. The molecule has 146 valence electrons. The van der Waals surface area contributed by atoms with E-state index in [1.165, 1.54) is 5.56 Å². The van der Waals surface area contributed by atoms with Gasteiger partial charge in [-0.25, -0.2) is 4.98 Å². The molecule has 0 bridgehead atoms. The predicted octanol–water partition coefficient (Wildman–Crippen LogP) is 6.46. The number of benzene rings is 4. The lowest BCUT2D eigenvalue weighted by atomic mass is 10.0. The van der Waals surface area contributed by atoms with Gasteiger partial charge in [0.2, 0.25) is 5.89 Å². The van der Waals surface area contributed by atoms with Gasteiger partial charge in [0, 0.05) is 16.8 Å². The van der Waals surface area contributed by atoms with Crippen molar-refractivity contribution in [2.45, 2.75) is 13.3 Å². The number of nitrogens with zero attached hydrogens (tertiary/aromatic N) is 1. The van der Waals surface area contributed by atoms with Gasteiger partial charge < -0.3 is 9.73 Å². The van der Waals surface area contributed by atoms with E-state index in [-0.39, 0.29) is 5.91 Å². The van der Waals surface area contributed by atoms with E-state index < -0.39 is 0 Å². The first kappa shape index (κ1) is 18.1. The zero-order valence-electron chi connectivity index (χ0n) is 16.6. The van der Waals surface area contributed by atoms with E-state index in [1.54, 1.807) is 0 Å². The maximum Gasteiger partial charge on any atom is 0.255 e. The van der Waals surface area contributed by atoms with Crippen molar-refractivity contribution in [1.82, 2.24) is 4.98 Å². The molecule has 1 amide bonds. The van der Waals surface area contributed by atoms with Crippen LogP contribution in [0.4, 0.5) is 5.69 Å². The second-order valence-electron chi connectivity index (χ2n) is 7.23. The van der Waals surface area contributed by atoms with Crippen LogP contribution in [0.3, 0.4) is 0 Å². The lowest BCUT2D eigenvalue weighted by Crippen LogP contribution is -2.11. The molecular weight excluding hydrogens is 372 g/mol. The van der Waals surface area contributed by atoms with Gasteiger partial charge in [-0.15, -0.1) is 0 Å². The standard InChI is InChI=1S/C26H20N2O2/c1-2-17-10-12-19(13-11-17)25(29)27-20-14-15-24-23(16-20)28-26(30-24)22-9-5-7-18-6-3-4-8-21(18)22/h3-16H,2H2,1H3,(H,27,29). The molecule has 4 heteroatoms. The van der Waals surface area contributed by atoms with Crippen LogP contribution in [0.5, 0.6) is 0 Å². The van der Waals surface area contributed by atoms with Crippen molar-refractivity contribution < 1.29 is 9.21 Å². The number of carbonyl (C=O) groups excluding carboxylic acids is 1. The number of rotatable bonds is 4. The monoisotopic (exact) mass is 392 g/mol. The van der Waals surface area contributed by atoms with E-state index in [0.29, 0.717) is 28.2 Å². The summed E-state index contributed by atoms with van der Waals surface area (Å²) in [5.74, 6) is 0.426. The summed E-state index contributed by atoms with van der Waals surface area (Å²) in [5, 5.41) is 5.18. The summed E-state index contributed by atoms with van der Waals surface area (Å²) in [4.78, 5) is 17.2. The van der Waals surface area contributed by atoms with Gasteiger partial charge in [0.1, 0.15) is 5.52 Å². The second-order valence-corrected chi connectivity index (χ2v) is 7.23. The Bertz CT molecular complexity index is 1360. The smallest absolute Gasteiger partial charge is 0.255 e. The number of hydrogen-bond acceptors (Lipinski definition) is 3. The fraction of sp³-hybridized carbons (Fsp3) is 0.0769. The van der Waals surface area contributed by atoms with Crippen LogP contribution in [0.15, 0.2) is 89.3 Å². The molecule has 1 N–H and O–H groups in total. The highest BCUT2D eigenvalue weighted by atomic mass is 16.3. The molecule has 0 spiro atoms. The molecule has 1 heterocycles. The molecule has 0 unspecified atom stereocenters. The van der Waals surface area contributed by atoms with Crippen molar-refractivity contribution >= 4 is 33.5 Å². The van der Waals surface area contributed by atoms with Crippen LogP contribution in [-0.4, -0.2) is 10.9 Å². The molecule has 0 atom stereocenters. The zero-order valence-corrected chi connectivity index (χ0v) is 16.6. The average Bonchev–Trinajstić information content (AvgIpc) is 3.22. The SMILES string of the molecule is CCc1ccc(C(=O)Nc2ccc3oc(-c4cccc5ccccc45)nc3c2)cc1. The van der Waals surface area contributed by atoms with Crippen LogP contribution >= 0.6 is 0 Å². The number of anilines is 1. The zero-order chi connectivity index (χ0) is 20.5. The van der Waals surface area contributed by atoms with E-state index in [0.717, 1.165) is 22.8 Å². The fourth-order valence-corrected chi connectivity index (χ4v) is 3.63. The van der Waals surface area contributed by atoms with E-state index >= 15 is 0 Å². The van der Waals surface area contributed by atoms with Crippen molar-refractivity contribution in [2.75, 3.05) is 5.32 Å². The maximum absolute atomic E-state index is 12.6. The molecule has 0 saturated carbocycles. The largest absolute Gasteiger partial charge is 0.436 e. The third-order valence-electron chi connectivity index (χ3n) is 5.29. The Balaban J connectivity index is 1.46. The third-order valence-corrected chi connectivity index (χ3v) is 5.29. The summed E-state index contributed by atoms with van der Waals surface area (Å²) in [6.07, 6.45) is 0.948. The van der Waals surface area contributed by atoms with Crippen molar-refractivity contribution in [3.05, 3.63) is 96.1 Å². The van der Waals surface area contributed by atoms with Gasteiger partial charge in [-0.1, -0.05) is 55.5 Å². The van der Waals surface area contributed by atoms with Crippen LogP contribution in [0, 0.1) is 0 Å². The normalized spacial score (nSPS) is 11.1. The Hall–Kier alpha value is -3.92. The van der Waals surface area contributed by atoms with Gasteiger partial charge in [-0.3, -0.25) is 4.79 Å². The minimum atomic E-state index is -0.144. The number of carbonyl (C=O) groups is 1. The number of aromatic nitrogens is 1. The lowest BCUT2D eigenvalue weighted by Gasteiger charge is -2.05. The van der Waals surface area contributed by atoms with Gasteiger partial charge >= 0.3 is 0 Å².